The summed E-state index contributed by atoms with van der Waals surface area (Å²) in [6.45, 7) is -0.307. The van der Waals surface area contributed by atoms with E-state index in [1.807, 2.05) is 6.07 Å². The Balaban J connectivity index is 1.13. The maximum Gasteiger partial charge on any atom is 0.416 e. The number of aromatic nitrogens is 1. The second-order valence-electron chi connectivity index (χ2n) is 12.5. The second kappa shape index (κ2) is 12.0. The van der Waals surface area contributed by atoms with Gasteiger partial charge in [-0.1, -0.05) is 44.9 Å². The van der Waals surface area contributed by atoms with E-state index in [1.165, 1.54) is 23.9 Å². The Morgan fingerprint density at radius 2 is 1.76 bits per heavy atom. The zero-order valence-corrected chi connectivity index (χ0v) is 29.0. The lowest BCUT2D eigenvalue weighted by molar-refractivity contribution is -0.137. The summed E-state index contributed by atoms with van der Waals surface area (Å²) in [6.07, 6.45) is -4.04. The number of aromatic amines is 1. The van der Waals surface area contributed by atoms with E-state index in [0.717, 1.165) is 43.3 Å². The Bertz CT molecular complexity index is 2090. The zero-order chi connectivity index (χ0) is 34.4. The number of carbonyl (C=O) groups is 3. The van der Waals surface area contributed by atoms with Crippen molar-refractivity contribution >= 4 is 79.7 Å². The fraction of sp³-hybridized carbons (Fsp3) is 0.294. The van der Waals surface area contributed by atoms with Gasteiger partial charge < -0.3 is 15.0 Å². The van der Waals surface area contributed by atoms with E-state index < -0.39 is 47.2 Å². The van der Waals surface area contributed by atoms with Crippen LogP contribution in [-0.2, 0) is 20.6 Å². The van der Waals surface area contributed by atoms with Gasteiger partial charge in [0, 0.05) is 36.8 Å². The Morgan fingerprint density at radius 1 is 1.02 bits per heavy atom. The average Bonchev–Trinajstić information content (AvgIpc) is 3.80. The number of thioether (sulfide) groups is 1. The van der Waals surface area contributed by atoms with Gasteiger partial charge in [0.25, 0.3) is 5.91 Å². The molecule has 2 N–H and O–H groups in total. The quantitative estimate of drug-likeness (QED) is 0.195. The molecule has 15 heteroatoms. The summed E-state index contributed by atoms with van der Waals surface area (Å²) in [6, 6.07) is 16.4. The summed E-state index contributed by atoms with van der Waals surface area (Å²) in [5.74, 6) is -3.48. The summed E-state index contributed by atoms with van der Waals surface area (Å²) < 4.78 is 47.5. The highest BCUT2D eigenvalue weighted by Crippen LogP contribution is 2.69. The second-order valence-corrected chi connectivity index (χ2v) is 16.1. The van der Waals surface area contributed by atoms with Gasteiger partial charge in [-0.15, -0.1) is 11.8 Å². The highest BCUT2D eigenvalue weighted by Gasteiger charge is 2.70. The van der Waals surface area contributed by atoms with Gasteiger partial charge in [0.2, 0.25) is 11.8 Å². The number of ether oxygens (including phenoxy) is 1. The number of halogens is 5. The summed E-state index contributed by atoms with van der Waals surface area (Å²) in [5.41, 5.74) is 0.242. The predicted molar refractivity (Wildman–Crippen MR) is 182 cm³/mol. The number of H-pyrrole nitrogens is 1. The van der Waals surface area contributed by atoms with Crippen molar-refractivity contribution in [3.8, 4) is 5.75 Å². The summed E-state index contributed by atoms with van der Waals surface area (Å²) in [7, 11) is 0. The van der Waals surface area contributed by atoms with Crippen molar-refractivity contribution in [2.75, 3.05) is 16.8 Å². The standard InChI is InChI=1S/C34H24BrClF3N3O5S2/c35-15-4-9-22(47-13-23(43)40-17-7-5-16(36)6-8-17)19(11-15)24-25-20-12-21(28(25)48-30-29(24)49-33(46)41-30)27-26(20)31(44)42(32(27)45)18-3-1-2-14(10-18)34(37,38)39/h1-11,20-21,24-28H,12-13H2,(H,40,43)(H,41,46)/t20?,21?,24-,25?,26?,27?,28?/m1/s1. The molecule has 1 saturated heterocycles. The molecule has 0 spiro atoms. The van der Waals surface area contributed by atoms with Gasteiger partial charge in [0.05, 0.1) is 28.1 Å². The molecule has 49 heavy (non-hydrogen) atoms. The van der Waals surface area contributed by atoms with Crippen LogP contribution in [0.3, 0.4) is 0 Å². The molecule has 2 saturated carbocycles. The van der Waals surface area contributed by atoms with E-state index in [1.54, 1.807) is 36.4 Å². The van der Waals surface area contributed by atoms with Crippen molar-refractivity contribution in [2.24, 2.45) is 29.6 Å². The molecule has 1 aromatic heterocycles. The van der Waals surface area contributed by atoms with E-state index in [2.05, 4.69) is 26.2 Å². The van der Waals surface area contributed by atoms with Crippen molar-refractivity contribution in [3.63, 3.8) is 0 Å². The Kier molecular flexibility index (Phi) is 8.00. The van der Waals surface area contributed by atoms with Gasteiger partial charge in [-0.2, -0.15) is 13.2 Å². The minimum atomic E-state index is -4.63. The maximum absolute atomic E-state index is 14.1. The molecule has 2 aliphatic heterocycles. The first-order valence-electron chi connectivity index (χ1n) is 15.3. The van der Waals surface area contributed by atoms with Crippen LogP contribution in [0.5, 0.6) is 5.75 Å². The smallest absolute Gasteiger partial charge is 0.416 e. The Labute approximate surface area is 298 Å². The molecule has 3 amide bonds. The Hall–Kier alpha value is -3.59. The van der Waals surface area contributed by atoms with Crippen LogP contribution in [-0.4, -0.2) is 34.6 Å². The number of nitrogens with one attached hydrogen (secondary N) is 2. The van der Waals surface area contributed by atoms with Gasteiger partial charge in [-0.25, -0.2) is 0 Å². The third-order valence-electron chi connectivity index (χ3n) is 9.95. The molecule has 3 aromatic carbocycles. The fourth-order valence-corrected chi connectivity index (χ4v) is 11.6. The summed E-state index contributed by atoms with van der Waals surface area (Å²) >= 11 is 12.1. The number of fused-ring (bicyclic) bond motifs is 9. The van der Waals surface area contributed by atoms with E-state index in [9.17, 15) is 32.3 Å². The molecule has 2 bridgehead atoms. The van der Waals surface area contributed by atoms with Crippen LogP contribution in [0.25, 0.3) is 0 Å². The molecule has 2 aliphatic carbocycles. The number of alkyl halides is 3. The normalized spacial score (nSPS) is 26.8. The first-order valence-corrected chi connectivity index (χ1v) is 18.2. The van der Waals surface area contributed by atoms with Crippen molar-refractivity contribution in [2.45, 2.75) is 28.8 Å². The molecule has 252 valence electrons. The number of nitrogens with zero attached hydrogens (tertiary/aromatic N) is 1. The van der Waals surface area contributed by atoms with Crippen LogP contribution >= 0.6 is 50.6 Å². The minimum absolute atomic E-state index is 0.0891. The molecule has 3 fully saturated rings. The SMILES string of the molecule is O=C(COc1ccc(Br)cc1[C@H]1c2sc(=O)[nH]c2SC2C3CC(C4C(=O)N(c5cccc(C(F)(F)F)c5)C(=O)C34)C21)Nc1ccc(Cl)cc1. The van der Waals surface area contributed by atoms with E-state index in [0.29, 0.717) is 27.9 Å². The third kappa shape index (κ3) is 5.51. The van der Waals surface area contributed by atoms with Crippen molar-refractivity contribution in [1.29, 1.82) is 0 Å². The van der Waals surface area contributed by atoms with Crippen LogP contribution in [0.2, 0.25) is 5.02 Å². The fourth-order valence-electron chi connectivity index (χ4n) is 8.21. The lowest BCUT2D eigenvalue weighted by atomic mass is 9.68. The molecule has 3 heterocycles. The van der Waals surface area contributed by atoms with Crippen molar-refractivity contribution in [1.82, 2.24) is 4.98 Å². The minimum Gasteiger partial charge on any atom is -0.483 e. The zero-order valence-electron chi connectivity index (χ0n) is 25.0. The predicted octanol–water partition coefficient (Wildman–Crippen LogP) is 7.57. The molecule has 6 unspecified atom stereocenters. The molecular formula is C34H24BrClF3N3O5S2. The lowest BCUT2D eigenvalue weighted by Gasteiger charge is -2.43. The molecule has 0 radical (unpaired) electrons. The number of amides is 3. The van der Waals surface area contributed by atoms with Crippen molar-refractivity contribution < 1.29 is 32.3 Å². The topological polar surface area (TPSA) is 109 Å². The van der Waals surface area contributed by atoms with Crippen molar-refractivity contribution in [3.05, 3.63) is 102 Å². The van der Waals surface area contributed by atoms with Crippen LogP contribution < -0.4 is 19.8 Å². The van der Waals surface area contributed by atoms with Crippen LogP contribution in [0.4, 0.5) is 24.5 Å². The first kappa shape index (κ1) is 32.6. The van der Waals surface area contributed by atoms with Gasteiger partial charge >= 0.3 is 11.0 Å². The molecule has 4 aromatic rings. The number of imide groups is 1. The Morgan fingerprint density at radius 3 is 2.49 bits per heavy atom. The average molecular weight is 791 g/mol. The van der Waals surface area contributed by atoms with Gasteiger partial charge in [0.1, 0.15) is 5.75 Å². The molecule has 4 aliphatic rings. The van der Waals surface area contributed by atoms with E-state index >= 15 is 0 Å². The number of anilines is 2. The van der Waals surface area contributed by atoms with E-state index in [-0.39, 0.29) is 40.2 Å². The number of rotatable bonds is 6. The van der Waals surface area contributed by atoms with Crippen LogP contribution in [0.15, 0.2) is 81.0 Å². The van der Waals surface area contributed by atoms with Crippen LogP contribution in [0.1, 0.15) is 28.3 Å². The summed E-state index contributed by atoms with van der Waals surface area (Å²) in [5, 5.41) is 3.83. The van der Waals surface area contributed by atoms with E-state index in [4.69, 9.17) is 16.3 Å². The number of benzene rings is 3. The van der Waals surface area contributed by atoms with Gasteiger partial charge in [-0.3, -0.25) is 24.1 Å². The largest absolute Gasteiger partial charge is 0.483 e. The van der Waals surface area contributed by atoms with Gasteiger partial charge in [0.15, 0.2) is 6.61 Å². The summed E-state index contributed by atoms with van der Waals surface area (Å²) in [4.78, 5) is 58.0. The van der Waals surface area contributed by atoms with Crippen LogP contribution in [0, 0.1) is 29.6 Å². The molecule has 7 atom stereocenters. The highest BCUT2D eigenvalue weighted by molar-refractivity contribution is 9.10. The molecular weight excluding hydrogens is 767 g/mol. The number of carbonyl (C=O) groups excluding carboxylic acids is 3. The first-order chi connectivity index (χ1) is 23.4. The van der Waals surface area contributed by atoms with Gasteiger partial charge in [-0.05, 0) is 84.8 Å². The third-order valence-corrected chi connectivity index (χ3v) is 13.3. The number of thiazole rings is 1. The number of hydrogen-bond donors (Lipinski definition) is 2. The number of hydrogen-bond acceptors (Lipinski definition) is 7. The molecule has 8 rings (SSSR count). The maximum atomic E-state index is 14.1. The lowest BCUT2D eigenvalue weighted by Crippen LogP contribution is -2.42. The highest BCUT2D eigenvalue weighted by atomic mass is 79.9. The monoisotopic (exact) mass is 789 g/mol. The molecule has 8 nitrogen and oxygen atoms in total.